The molecule has 0 saturated heterocycles. The van der Waals surface area contributed by atoms with Gasteiger partial charge in [-0.1, -0.05) is 19.1 Å². The molecule has 6 N–H and O–H groups in total. The third-order valence-electron chi connectivity index (χ3n) is 5.23. The van der Waals surface area contributed by atoms with Crippen LogP contribution in [0.1, 0.15) is 19.0 Å². The quantitative estimate of drug-likeness (QED) is 0.369. The number of rotatable bonds is 4. The molecule has 2 aromatic heterocycles. The van der Waals surface area contributed by atoms with Gasteiger partial charge in [-0.25, -0.2) is 18.4 Å². The van der Waals surface area contributed by atoms with Crippen molar-refractivity contribution < 1.29 is 23.7 Å². The number of nitrogens with zero attached hydrogens (tertiary/aromatic N) is 3. The number of aliphatic hydroxyl groups excluding tert-OH is 3. The van der Waals surface area contributed by atoms with Crippen molar-refractivity contribution >= 4 is 43.3 Å². The molecular weight excluding hydrogens is 454 g/mol. The number of benzene rings is 1. The summed E-state index contributed by atoms with van der Waals surface area (Å²) in [4.78, 5) is 12.7. The van der Waals surface area contributed by atoms with E-state index in [1.807, 2.05) is 31.2 Å². The minimum Gasteiger partial charge on any atom is -0.396 e. The first-order valence-electron chi connectivity index (χ1n) is 9.95. The smallest absolute Gasteiger partial charge is 0.238 e. The van der Waals surface area contributed by atoms with Gasteiger partial charge in [-0.3, -0.25) is 4.72 Å². The van der Waals surface area contributed by atoms with Crippen LogP contribution in [0.3, 0.4) is 0 Å². The highest BCUT2D eigenvalue weighted by Crippen LogP contribution is 2.34. The Hall–Kier alpha value is -2.38. The number of nitrogens with two attached hydrogens (primary N) is 1. The van der Waals surface area contributed by atoms with Crippen molar-refractivity contribution in [3.8, 4) is 10.6 Å². The first kappa shape index (κ1) is 24.3. The maximum absolute atomic E-state index is 11.3. The average molecular weight is 482 g/mol. The maximum Gasteiger partial charge on any atom is 0.238 e. The van der Waals surface area contributed by atoms with Gasteiger partial charge in [-0.05, 0) is 31.4 Å². The van der Waals surface area contributed by atoms with Crippen molar-refractivity contribution in [2.45, 2.75) is 32.5 Å². The second-order valence-electron chi connectivity index (χ2n) is 7.89. The van der Waals surface area contributed by atoms with Crippen LogP contribution in [-0.2, 0) is 10.0 Å². The molecule has 0 unspecified atom stereocenters. The molecule has 0 amide bonds. The Kier molecular flexibility index (Phi) is 7.30. The summed E-state index contributed by atoms with van der Waals surface area (Å²) in [6.45, 7) is 3.60. The van der Waals surface area contributed by atoms with Crippen LogP contribution in [0.2, 0.25) is 0 Å². The fourth-order valence-electron chi connectivity index (χ4n) is 3.60. The van der Waals surface area contributed by atoms with E-state index in [2.05, 4.69) is 19.7 Å². The topological polar surface area (TPSA) is 172 Å². The highest BCUT2D eigenvalue weighted by molar-refractivity contribution is 7.91. The zero-order chi connectivity index (χ0) is 23.6. The van der Waals surface area contributed by atoms with E-state index in [1.165, 1.54) is 11.3 Å². The summed E-state index contributed by atoms with van der Waals surface area (Å²) in [6, 6.07) is 7.75. The van der Waals surface area contributed by atoms with Gasteiger partial charge in [0, 0.05) is 12.5 Å². The molecule has 32 heavy (non-hydrogen) atoms. The first-order valence-corrected chi connectivity index (χ1v) is 12.7. The minimum atomic E-state index is -3.45. The number of aromatic nitrogens is 3. The molecule has 0 spiro atoms. The summed E-state index contributed by atoms with van der Waals surface area (Å²) in [5.74, 6) is 0.150. The number of aliphatic hydroxyl groups is 3. The zero-order valence-corrected chi connectivity index (χ0v) is 19.6. The molecule has 0 radical (unpaired) electrons. The second kappa shape index (κ2) is 9.63. The Morgan fingerprint density at radius 3 is 2.38 bits per heavy atom. The van der Waals surface area contributed by atoms with Gasteiger partial charge in [-0.2, -0.15) is 4.98 Å². The molecule has 3 aromatic rings. The van der Waals surface area contributed by atoms with E-state index >= 15 is 0 Å². The van der Waals surface area contributed by atoms with E-state index < -0.39 is 22.2 Å². The molecule has 10 nitrogen and oxygen atoms in total. The van der Waals surface area contributed by atoms with Crippen LogP contribution in [0.25, 0.3) is 20.8 Å². The van der Waals surface area contributed by atoms with E-state index in [0.29, 0.717) is 16.3 Å². The lowest BCUT2D eigenvalue weighted by Gasteiger charge is -2.13. The Morgan fingerprint density at radius 2 is 1.88 bits per heavy atom. The molecule has 4 atom stereocenters. The van der Waals surface area contributed by atoms with Gasteiger partial charge in [0.25, 0.3) is 0 Å². The van der Waals surface area contributed by atoms with Crippen LogP contribution in [-0.4, -0.2) is 63.8 Å². The third kappa shape index (κ3) is 5.51. The van der Waals surface area contributed by atoms with E-state index in [1.54, 1.807) is 6.92 Å². The lowest BCUT2D eigenvalue weighted by molar-refractivity contribution is -0.00366. The molecule has 2 heterocycles. The molecule has 174 valence electrons. The molecule has 0 bridgehead atoms. The fraction of sp³-hybridized carbons (Fsp3) is 0.450. The highest BCUT2D eigenvalue weighted by Gasteiger charge is 2.38. The molecule has 1 saturated carbocycles. The predicted octanol–water partition coefficient (Wildman–Crippen LogP) is 1.37. The van der Waals surface area contributed by atoms with Gasteiger partial charge in [0.05, 0.1) is 39.9 Å². The zero-order valence-electron chi connectivity index (χ0n) is 17.9. The van der Waals surface area contributed by atoms with Crippen molar-refractivity contribution in [2.24, 2.45) is 11.8 Å². The molecule has 1 aromatic carbocycles. The lowest BCUT2D eigenvalue weighted by atomic mass is 10.1. The predicted molar refractivity (Wildman–Crippen MR) is 125 cm³/mol. The molecular formula is C20H27N5O5S2. The van der Waals surface area contributed by atoms with Crippen LogP contribution in [0.5, 0.6) is 0 Å². The number of sulfonamides is 1. The number of aryl methyl sites for hydroxylation is 1. The number of nitrogen functional groups attached to an aromatic ring is 1. The first-order chi connectivity index (χ1) is 15.0. The summed E-state index contributed by atoms with van der Waals surface area (Å²) in [7, 11) is -3.45. The van der Waals surface area contributed by atoms with Crippen molar-refractivity contribution in [2.75, 3.05) is 23.3 Å². The van der Waals surface area contributed by atoms with Crippen molar-refractivity contribution in [1.82, 2.24) is 15.0 Å². The third-order valence-corrected chi connectivity index (χ3v) is 6.83. The largest absolute Gasteiger partial charge is 0.396 e. The number of nitrogens with one attached hydrogen (secondary N) is 1. The van der Waals surface area contributed by atoms with Crippen molar-refractivity contribution in [3.63, 3.8) is 0 Å². The van der Waals surface area contributed by atoms with Crippen LogP contribution in [0, 0.1) is 18.8 Å². The SMILES string of the molecule is C[C@@H]1C[C@H](CO)[C@@H](O)[C@H]1O.Cc1nc(NS(C)(=O)=O)nc(N)c1-c1nc2ccccc2s1. The fourth-order valence-corrected chi connectivity index (χ4v) is 5.10. The number of fused-ring (bicyclic) bond motifs is 1. The number of para-hydroxylation sites is 1. The van der Waals surface area contributed by atoms with E-state index in [0.717, 1.165) is 22.9 Å². The van der Waals surface area contributed by atoms with E-state index in [4.69, 9.17) is 10.8 Å². The Balaban J connectivity index is 0.000000243. The van der Waals surface area contributed by atoms with Gasteiger partial charge in [0.2, 0.25) is 16.0 Å². The van der Waals surface area contributed by atoms with Crippen molar-refractivity contribution in [3.05, 3.63) is 30.0 Å². The molecule has 4 rings (SSSR count). The summed E-state index contributed by atoms with van der Waals surface area (Å²) in [6.07, 6.45) is 0.388. The number of hydrogen-bond acceptors (Lipinski definition) is 10. The number of hydrogen-bond donors (Lipinski definition) is 5. The van der Waals surface area contributed by atoms with Crippen molar-refractivity contribution in [1.29, 1.82) is 0 Å². The van der Waals surface area contributed by atoms with E-state index in [-0.39, 0.29) is 30.2 Å². The summed E-state index contributed by atoms with van der Waals surface area (Å²) in [5.41, 5.74) is 8.04. The van der Waals surface area contributed by atoms with Crippen LogP contribution in [0.15, 0.2) is 24.3 Å². The van der Waals surface area contributed by atoms with Crippen LogP contribution < -0.4 is 10.5 Å². The Bertz CT molecular complexity index is 1140. The number of anilines is 2. The van der Waals surface area contributed by atoms with E-state index in [9.17, 15) is 18.6 Å². The summed E-state index contributed by atoms with van der Waals surface area (Å²) >= 11 is 1.49. The lowest BCUT2D eigenvalue weighted by Crippen LogP contribution is -2.28. The molecule has 12 heteroatoms. The van der Waals surface area contributed by atoms with Gasteiger partial charge in [-0.15, -0.1) is 11.3 Å². The standard InChI is InChI=1S/C13H13N5O2S2.C7H14O3/c1-7-10(11(14)17-13(15-7)18-22(2,19)20)12-16-8-5-3-4-6-9(8)21-12;1-4-2-5(3-8)7(10)6(4)9/h3-6H,1-2H3,(H3,14,15,17,18);4-10H,2-3H2,1H3/t;4-,5-,6+,7-/m.1/s1. The summed E-state index contributed by atoms with van der Waals surface area (Å²) < 4.78 is 25.8. The highest BCUT2D eigenvalue weighted by atomic mass is 32.2. The summed E-state index contributed by atoms with van der Waals surface area (Å²) in [5, 5.41) is 27.8. The second-order valence-corrected chi connectivity index (χ2v) is 10.7. The molecule has 0 aliphatic heterocycles. The van der Waals surface area contributed by atoms with Gasteiger partial charge in [0.1, 0.15) is 10.8 Å². The van der Waals surface area contributed by atoms with Gasteiger partial charge in [0.15, 0.2) is 0 Å². The number of thiazole rings is 1. The maximum atomic E-state index is 11.3. The molecule has 1 aliphatic carbocycles. The van der Waals surface area contributed by atoms with Gasteiger partial charge >= 0.3 is 0 Å². The minimum absolute atomic E-state index is 0.0252. The molecule has 1 fully saturated rings. The Morgan fingerprint density at radius 1 is 1.19 bits per heavy atom. The monoisotopic (exact) mass is 481 g/mol. The average Bonchev–Trinajstić information content (AvgIpc) is 3.22. The molecule has 1 aliphatic rings. The normalized spacial score (nSPS) is 23.1. The van der Waals surface area contributed by atoms with Gasteiger partial charge < -0.3 is 21.1 Å². The van der Waals surface area contributed by atoms with Crippen LogP contribution in [0.4, 0.5) is 11.8 Å². The van der Waals surface area contributed by atoms with Crippen LogP contribution >= 0.6 is 11.3 Å². The Labute approximate surface area is 190 Å².